The molecular weight excluding hydrogens is 418 g/mol. The fourth-order valence-electron chi connectivity index (χ4n) is 4.18. The molecule has 3 aromatic carbocycles. The number of methoxy groups -OCH3 is 1. The van der Waals surface area contributed by atoms with Crippen LogP contribution >= 0.6 is 0 Å². The topological polar surface area (TPSA) is 83.6 Å². The van der Waals surface area contributed by atoms with Gasteiger partial charge in [0.2, 0.25) is 0 Å². The summed E-state index contributed by atoms with van der Waals surface area (Å²) in [4.78, 5) is 13.7. The summed E-state index contributed by atoms with van der Waals surface area (Å²) in [6, 6.07) is 25.0. The molecule has 0 radical (unpaired) electrons. The van der Waals surface area contributed by atoms with Crippen LogP contribution in [0.3, 0.4) is 0 Å². The zero-order valence-corrected chi connectivity index (χ0v) is 19.0. The van der Waals surface area contributed by atoms with Crippen molar-refractivity contribution in [2.75, 3.05) is 12.1 Å². The third-order valence-corrected chi connectivity index (χ3v) is 5.69. The lowest BCUT2D eigenvalue weighted by Gasteiger charge is -2.39. The SMILES string of the molecule is COc1ccc([N+](=O)[O-])c(N2N=NC(C)(C)C2N(Cc2ccccc2)Cc2ccccc2)c1. The second-order valence-corrected chi connectivity index (χ2v) is 8.55. The van der Waals surface area contributed by atoms with Crippen molar-refractivity contribution in [3.05, 3.63) is 100 Å². The number of ether oxygens (including phenoxy) is 1. The molecule has 1 unspecified atom stereocenters. The van der Waals surface area contributed by atoms with E-state index in [1.165, 1.54) is 13.2 Å². The molecule has 0 fully saturated rings. The Bertz CT molecular complexity index is 1090. The van der Waals surface area contributed by atoms with Gasteiger partial charge in [-0.15, -0.1) is 0 Å². The molecule has 4 rings (SSSR count). The highest BCUT2D eigenvalue weighted by atomic mass is 16.6. The van der Waals surface area contributed by atoms with E-state index in [1.807, 2.05) is 50.2 Å². The van der Waals surface area contributed by atoms with Gasteiger partial charge in [-0.1, -0.05) is 65.9 Å². The zero-order chi connectivity index (χ0) is 23.4. The average Bonchev–Trinajstić information content (AvgIpc) is 3.14. The van der Waals surface area contributed by atoms with Crippen LogP contribution < -0.4 is 9.75 Å². The Labute approximate surface area is 193 Å². The minimum Gasteiger partial charge on any atom is -0.497 e. The van der Waals surface area contributed by atoms with E-state index in [0.29, 0.717) is 24.5 Å². The molecule has 0 spiro atoms. The summed E-state index contributed by atoms with van der Waals surface area (Å²) < 4.78 is 5.35. The van der Waals surface area contributed by atoms with Crippen molar-refractivity contribution in [3.8, 4) is 5.75 Å². The zero-order valence-electron chi connectivity index (χ0n) is 19.0. The van der Waals surface area contributed by atoms with E-state index in [0.717, 1.165) is 11.1 Å². The van der Waals surface area contributed by atoms with Crippen molar-refractivity contribution in [2.24, 2.45) is 10.3 Å². The fourth-order valence-corrected chi connectivity index (χ4v) is 4.18. The predicted molar refractivity (Wildman–Crippen MR) is 127 cm³/mol. The summed E-state index contributed by atoms with van der Waals surface area (Å²) in [5.41, 5.74) is 1.97. The van der Waals surface area contributed by atoms with E-state index >= 15 is 0 Å². The first kappa shape index (κ1) is 22.4. The molecule has 0 N–H and O–H groups in total. The predicted octanol–water partition coefficient (Wildman–Crippen LogP) is 5.60. The summed E-state index contributed by atoms with van der Waals surface area (Å²) >= 11 is 0. The van der Waals surface area contributed by atoms with Crippen molar-refractivity contribution < 1.29 is 9.66 Å². The summed E-state index contributed by atoms with van der Waals surface area (Å²) in [6.07, 6.45) is -0.358. The van der Waals surface area contributed by atoms with Gasteiger partial charge in [0.15, 0.2) is 0 Å². The van der Waals surface area contributed by atoms with Gasteiger partial charge in [-0.25, -0.2) is 5.01 Å². The lowest BCUT2D eigenvalue weighted by atomic mass is 9.99. The highest BCUT2D eigenvalue weighted by Gasteiger charge is 2.46. The van der Waals surface area contributed by atoms with Crippen LogP contribution in [-0.2, 0) is 13.1 Å². The van der Waals surface area contributed by atoms with Crippen molar-refractivity contribution in [2.45, 2.75) is 38.6 Å². The number of anilines is 1. The summed E-state index contributed by atoms with van der Waals surface area (Å²) in [5, 5.41) is 22.4. The molecule has 0 saturated heterocycles. The molecule has 8 heteroatoms. The first-order valence-electron chi connectivity index (χ1n) is 10.8. The third kappa shape index (κ3) is 4.85. The van der Waals surface area contributed by atoms with Gasteiger partial charge >= 0.3 is 0 Å². The number of hydrogen-bond acceptors (Lipinski definition) is 7. The molecular formula is C25H27N5O3. The van der Waals surface area contributed by atoms with Crippen LogP contribution in [0.15, 0.2) is 89.2 Å². The van der Waals surface area contributed by atoms with Crippen LogP contribution in [0.2, 0.25) is 0 Å². The monoisotopic (exact) mass is 445 g/mol. The van der Waals surface area contributed by atoms with E-state index in [1.54, 1.807) is 17.1 Å². The second-order valence-electron chi connectivity index (χ2n) is 8.55. The fraction of sp³-hybridized carbons (Fsp3) is 0.280. The van der Waals surface area contributed by atoms with E-state index in [4.69, 9.17) is 4.74 Å². The molecule has 0 saturated carbocycles. The van der Waals surface area contributed by atoms with Crippen molar-refractivity contribution in [1.29, 1.82) is 0 Å². The van der Waals surface area contributed by atoms with Gasteiger partial charge in [0.25, 0.3) is 5.69 Å². The van der Waals surface area contributed by atoms with Crippen LogP contribution in [0.4, 0.5) is 11.4 Å². The number of benzene rings is 3. The molecule has 0 aliphatic carbocycles. The highest BCUT2D eigenvalue weighted by molar-refractivity contribution is 5.66. The minimum atomic E-state index is -0.611. The van der Waals surface area contributed by atoms with Gasteiger partial charge < -0.3 is 4.74 Å². The number of hydrogen-bond donors (Lipinski definition) is 0. The molecule has 170 valence electrons. The Kier molecular flexibility index (Phi) is 6.37. The maximum Gasteiger partial charge on any atom is 0.294 e. The van der Waals surface area contributed by atoms with E-state index in [-0.39, 0.29) is 11.9 Å². The Hall–Kier alpha value is -3.78. The molecule has 3 aromatic rings. The van der Waals surface area contributed by atoms with Gasteiger partial charge in [0, 0.05) is 25.2 Å². The summed E-state index contributed by atoms with van der Waals surface area (Å²) in [6.45, 7) is 5.25. The Morgan fingerprint density at radius 2 is 1.58 bits per heavy atom. The standard InChI is InChI=1S/C25H27N5O3/c1-25(2)24(29(27-26-25)23-16-21(33-3)14-15-22(23)30(31)32)28(17-19-10-6-4-7-11-19)18-20-12-8-5-9-13-20/h4-16,24H,17-18H2,1-3H3. The number of nitro benzene ring substituents is 1. The molecule has 0 amide bonds. The van der Waals surface area contributed by atoms with Gasteiger partial charge in [-0.05, 0) is 31.0 Å². The summed E-state index contributed by atoms with van der Waals surface area (Å²) in [5.74, 6) is 0.520. The molecule has 1 atom stereocenters. The smallest absolute Gasteiger partial charge is 0.294 e. The number of nitrogens with zero attached hydrogens (tertiary/aromatic N) is 5. The van der Waals surface area contributed by atoms with Crippen molar-refractivity contribution in [3.63, 3.8) is 0 Å². The van der Waals surface area contributed by atoms with Crippen molar-refractivity contribution >= 4 is 11.4 Å². The molecule has 1 aliphatic heterocycles. The van der Waals surface area contributed by atoms with E-state index in [2.05, 4.69) is 39.5 Å². The van der Waals surface area contributed by atoms with Gasteiger partial charge in [-0.3, -0.25) is 15.0 Å². The van der Waals surface area contributed by atoms with Crippen LogP contribution in [-0.4, -0.2) is 28.6 Å². The minimum absolute atomic E-state index is 0.0446. The Morgan fingerprint density at radius 3 is 2.09 bits per heavy atom. The molecule has 1 aliphatic rings. The number of nitro groups is 1. The average molecular weight is 446 g/mol. The lowest BCUT2D eigenvalue weighted by molar-refractivity contribution is -0.384. The summed E-state index contributed by atoms with van der Waals surface area (Å²) in [7, 11) is 1.54. The van der Waals surface area contributed by atoms with Gasteiger partial charge in [-0.2, -0.15) is 5.11 Å². The quantitative estimate of drug-likeness (QED) is 0.333. The second kappa shape index (κ2) is 9.38. The van der Waals surface area contributed by atoms with Crippen LogP contribution in [0.1, 0.15) is 25.0 Å². The van der Waals surface area contributed by atoms with Crippen LogP contribution in [0, 0.1) is 10.1 Å². The first-order chi connectivity index (χ1) is 15.9. The maximum absolute atomic E-state index is 11.9. The Balaban J connectivity index is 1.79. The molecule has 8 nitrogen and oxygen atoms in total. The first-order valence-corrected chi connectivity index (χ1v) is 10.8. The molecule has 33 heavy (non-hydrogen) atoms. The largest absolute Gasteiger partial charge is 0.497 e. The normalized spacial score (nSPS) is 16.8. The number of rotatable bonds is 8. The Morgan fingerprint density at radius 1 is 1.00 bits per heavy atom. The maximum atomic E-state index is 11.9. The molecule has 0 bridgehead atoms. The van der Waals surface area contributed by atoms with Crippen molar-refractivity contribution in [1.82, 2.24) is 4.90 Å². The third-order valence-electron chi connectivity index (χ3n) is 5.69. The van der Waals surface area contributed by atoms with E-state index in [9.17, 15) is 10.1 Å². The van der Waals surface area contributed by atoms with Gasteiger partial charge in [0.1, 0.15) is 23.1 Å². The van der Waals surface area contributed by atoms with E-state index < -0.39 is 10.5 Å². The highest BCUT2D eigenvalue weighted by Crippen LogP contribution is 2.41. The molecule has 1 heterocycles. The van der Waals surface area contributed by atoms with Crippen LogP contribution in [0.5, 0.6) is 5.75 Å². The molecule has 0 aromatic heterocycles. The van der Waals surface area contributed by atoms with Crippen LogP contribution in [0.25, 0.3) is 0 Å². The van der Waals surface area contributed by atoms with Gasteiger partial charge in [0.05, 0.1) is 12.0 Å². The lowest BCUT2D eigenvalue weighted by Crippen LogP contribution is -2.53.